The van der Waals surface area contributed by atoms with E-state index in [1.807, 2.05) is 6.92 Å². The lowest BCUT2D eigenvalue weighted by atomic mass is 10.3. The number of aliphatic hydroxyl groups excluding tert-OH is 1. The Kier molecular flexibility index (Phi) is 2.85. The summed E-state index contributed by atoms with van der Waals surface area (Å²) in [5.41, 5.74) is 6.02. The minimum absolute atomic E-state index is 0.266. The summed E-state index contributed by atoms with van der Waals surface area (Å²) >= 11 is 0. The Balaban J connectivity index is 3.04. The Morgan fingerprint density at radius 3 is 2.57 bits per heavy atom. The van der Waals surface area contributed by atoms with Gasteiger partial charge in [0.25, 0.3) is 5.91 Å². The van der Waals surface area contributed by atoms with Crippen molar-refractivity contribution in [2.45, 2.75) is 13.3 Å². The lowest BCUT2D eigenvalue weighted by Gasteiger charge is -2.38. The van der Waals surface area contributed by atoms with Crippen molar-refractivity contribution in [3.63, 3.8) is 0 Å². The molecule has 1 amide bonds. The number of nitrogens with zero attached hydrogens (tertiary/aromatic N) is 2. The van der Waals surface area contributed by atoms with Crippen molar-refractivity contribution >= 4 is 5.91 Å². The Labute approximate surface area is 83.0 Å². The first kappa shape index (κ1) is 10.6. The molecule has 0 radical (unpaired) electrons. The van der Waals surface area contributed by atoms with E-state index in [4.69, 9.17) is 5.73 Å². The van der Waals surface area contributed by atoms with Gasteiger partial charge in [0.05, 0.1) is 0 Å². The molecule has 6 heteroatoms. The van der Waals surface area contributed by atoms with Crippen LogP contribution in [-0.2, 0) is 4.79 Å². The molecule has 1 heterocycles. The minimum atomic E-state index is -0.995. The second-order valence-electron chi connectivity index (χ2n) is 3.16. The van der Waals surface area contributed by atoms with Crippen LogP contribution in [0.25, 0.3) is 0 Å². The van der Waals surface area contributed by atoms with Gasteiger partial charge in [-0.05, 0) is 6.92 Å². The van der Waals surface area contributed by atoms with Crippen LogP contribution in [0, 0.1) is 0 Å². The summed E-state index contributed by atoms with van der Waals surface area (Å²) in [7, 11) is 3.15. The molecule has 1 rings (SSSR count). The molecular weight excluding hydrogens is 184 g/mol. The summed E-state index contributed by atoms with van der Waals surface area (Å²) in [5.74, 6) is -0.0302. The van der Waals surface area contributed by atoms with Gasteiger partial charge in [0, 0.05) is 20.6 Å². The van der Waals surface area contributed by atoms with Gasteiger partial charge in [-0.25, -0.2) is 0 Å². The van der Waals surface area contributed by atoms with E-state index in [-0.39, 0.29) is 11.7 Å². The number of nitrogens with two attached hydrogens (primary N) is 1. The highest BCUT2D eigenvalue weighted by Gasteiger charge is 2.32. The number of likely N-dealkylation sites (N-methyl/N-ethyl adjacent to an activating group) is 2. The van der Waals surface area contributed by atoms with Crippen LogP contribution in [0.4, 0.5) is 0 Å². The number of carbonyl (C=O) groups excluding carboxylic acids is 1. The molecule has 14 heavy (non-hydrogen) atoms. The van der Waals surface area contributed by atoms with Crippen LogP contribution in [0.2, 0.25) is 0 Å². The third-order valence-corrected chi connectivity index (χ3v) is 2.22. The maximum atomic E-state index is 11.6. The van der Waals surface area contributed by atoms with E-state index in [9.17, 15) is 9.90 Å². The largest absolute Gasteiger partial charge is 0.383 e. The van der Waals surface area contributed by atoms with Gasteiger partial charge in [0.2, 0.25) is 6.35 Å². The number of rotatable bonds is 2. The molecule has 0 spiro atoms. The van der Waals surface area contributed by atoms with Crippen molar-refractivity contribution in [2.24, 2.45) is 5.73 Å². The fourth-order valence-corrected chi connectivity index (χ4v) is 1.29. The average Bonchev–Trinajstić information content (AvgIpc) is 2.19. The Bertz CT molecular complexity index is 277. The van der Waals surface area contributed by atoms with E-state index < -0.39 is 6.35 Å². The topological polar surface area (TPSA) is 81.8 Å². The van der Waals surface area contributed by atoms with Gasteiger partial charge in [-0.3, -0.25) is 9.69 Å². The van der Waals surface area contributed by atoms with E-state index >= 15 is 0 Å². The first-order chi connectivity index (χ1) is 6.50. The van der Waals surface area contributed by atoms with Crippen molar-refractivity contribution in [2.75, 3.05) is 20.6 Å². The second-order valence-corrected chi connectivity index (χ2v) is 3.16. The summed E-state index contributed by atoms with van der Waals surface area (Å²) in [6, 6.07) is 0. The van der Waals surface area contributed by atoms with Crippen LogP contribution in [0.1, 0.15) is 6.92 Å². The summed E-state index contributed by atoms with van der Waals surface area (Å²) < 4.78 is 0. The van der Waals surface area contributed by atoms with Gasteiger partial charge < -0.3 is 21.1 Å². The molecule has 1 atom stereocenters. The van der Waals surface area contributed by atoms with E-state index in [0.717, 1.165) is 0 Å². The van der Waals surface area contributed by atoms with Crippen molar-refractivity contribution in [3.05, 3.63) is 11.5 Å². The average molecular weight is 200 g/mol. The first-order valence-electron chi connectivity index (χ1n) is 4.42. The molecule has 0 aromatic carbocycles. The van der Waals surface area contributed by atoms with Crippen LogP contribution >= 0.6 is 0 Å². The molecule has 0 bridgehead atoms. The number of hydrogen-bond acceptors (Lipinski definition) is 5. The summed E-state index contributed by atoms with van der Waals surface area (Å²) in [5, 5.41) is 12.4. The third-order valence-electron chi connectivity index (χ3n) is 2.22. The molecular formula is C8H16N4O2. The van der Waals surface area contributed by atoms with Gasteiger partial charge in [-0.15, -0.1) is 0 Å². The van der Waals surface area contributed by atoms with Crippen molar-refractivity contribution in [3.8, 4) is 0 Å². The molecule has 0 fully saturated rings. The summed E-state index contributed by atoms with van der Waals surface area (Å²) in [4.78, 5) is 14.3. The van der Waals surface area contributed by atoms with Crippen LogP contribution < -0.4 is 11.1 Å². The molecule has 1 aliphatic rings. The highest BCUT2D eigenvalue weighted by molar-refractivity contribution is 5.94. The number of hydrogen-bond donors (Lipinski definition) is 3. The summed E-state index contributed by atoms with van der Waals surface area (Å²) in [6.07, 6.45) is -0.995. The monoisotopic (exact) mass is 200 g/mol. The van der Waals surface area contributed by atoms with Gasteiger partial charge in [0.1, 0.15) is 11.5 Å². The van der Waals surface area contributed by atoms with Crippen LogP contribution in [-0.4, -0.2) is 47.8 Å². The predicted octanol–water partition coefficient (Wildman–Crippen LogP) is -1.60. The molecule has 0 saturated heterocycles. The Morgan fingerprint density at radius 2 is 2.07 bits per heavy atom. The minimum Gasteiger partial charge on any atom is -0.383 e. The highest BCUT2D eigenvalue weighted by Crippen LogP contribution is 2.15. The van der Waals surface area contributed by atoms with E-state index in [1.54, 1.807) is 7.05 Å². The quantitative estimate of drug-likeness (QED) is 0.500. The highest BCUT2D eigenvalue weighted by atomic mass is 16.3. The van der Waals surface area contributed by atoms with Crippen molar-refractivity contribution in [1.29, 1.82) is 0 Å². The van der Waals surface area contributed by atoms with Gasteiger partial charge in [-0.1, -0.05) is 0 Å². The van der Waals surface area contributed by atoms with E-state index in [1.165, 1.54) is 16.8 Å². The van der Waals surface area contributed by atoms with Gasteiger partial charge in [0.15, 0.2) is 0 Å². The molecule has 0 aliphatic carbocycles. The first-order valence-corrected chi connectivity index (χ1v) is 4.42. The van der Waals surface area contributed by atoms with Crippen molar-refractivity contribution in [1.82, 2.24) is 15.1 Å². The standard InChI is InChI=1S/C8H16N4O2/c1-4-10-5-6(9)11(2)8(14)12(3)7(5)13/h8,10,14H,4,9H2,1-3H3. The maximum Gasteiger partial charge on any atom is 0.276 e. The van der Waals surface area contributed by atoms with Crippen molar-refractivity contribution < 1.29 is 9.90 Å². The molecule has 0 aromatic rings. The lowest BCUT2D eigenvalue weighted by Crippen LogP contribution is -2.55. The van der Waals surface area contributed by atoms with E-state index in [2.05, 4.69) is 5.32 Å². The number of nitrogens with one attached hydrogen (secondary N) is 1. The zero-order chi connectivity index (χ0) is 10.9. The molecule has 1 unspecified atom stereocenters. The normalized spacial score (nSPS) is 23.1. The molecule has 1 aliphatic heterocycles. The van der Waals surface area contributed by atoms with Gasteiger partial charge in [-0.2, -0.15) is 0 Å². The molecule has 6 nitrogen and oxygen atoms in total. The fraction of sp³-hybridized carbons (Fsp3) is 0.625. The SMILES string of the molecule is CCNC1=C(N)N(C)C(O)N(C)C1=O. The predicted molar refractivity (Wildman–Crippen MR) is 51.4 cm³/mol. The van der Waals surface area contributed by atoms with Crippen LogP contribution in [0.3, 0.4) is 0 Å². The maximum absolute atomic E-state index is 11.6. The molecule has 80 valence electrons. The van der Waals surface area contributed by atoms with E-state index in [0.29, 0.717) is 12.2 Å². The van der Waals surface area contributed by atoms with Crippen LogP contribution in [0.5, 0.6) is 0 Å². The Hall–Kier alpha value is -1.43. The third kappa shape index (κ3) is 1.48. The smallest absolute Gasteiger partial charge is 0.276 e. The molecule has 4 N–H and O–H groups in total. The second kappa shape index (κ2) is 3.75. The lowest BCUT2D eigenvalue weighted by molar-refractivity contribution is -0.150. The molecule has 0 saturated carbocycles. The number of aliphatic hydroxyl groups is 1. The Morgan fingerprint density at radius 1 is 1.50 bits per heavy atom. The zero-order valence-electron chi connectivity index (χ0n) is 8.61. The fourth-order valence-electron chi connectivity index (χ4n) is 1.29. The number of carbonyl (C=O) groups is 1. The molecule has 0 aromatic heterocycles. The van der Waals surface area contributed by atoms with Crippen LogP contribution in [0.15, 0.2) is 11.5 Å². The summed E-state index contributed by atoms with van der Waals surface area (Å²) in [6.45, 7) is 2.48. The number of amides is 1. The zero-order valence-corrected chi connectivity index (χ0v) is 8.61. The van der Waals surface area contributed by atoms with Gasteiger partial charge >= 0.3 is 0 Å².